The highest BCUT2D eigenvalue weighted by molar-refractivity contribution is 5.20. The molecule has 9 heteroatoms. The minimum atomic E-state index is -4.57. The van der Waals surface area contributed by atoms with Gasteiger partial charge in [0.2, 0.25) is 5.89 Å². The van der Waals surface area contributed by atoms with Crippen molar-refractivity contribution in [2.24, 2.45) is 0 Å². The number of rotatable bonds is 4. The van der Waals surface area contributed by atoms with Crippen molar-refractivity contribution in [1.82, 2.24) is 19.9 Å². The lowest BCUT2D eigenvalue weighted by Crippen LogP contribution is -2.13. The number of nitrogens with zero attached hydrogens (tertiary/aromatic N) is 4. The summed E-state index contributed by atoms with van der Waals surface area (Å²) in [5.41, 5.74) is -1.38. The molecule has 0 unspecified atom stereocenters. The quantitative estimate of drug-likeness (QED) is 0.935. The maximum Gasteiger partial charge on any atom is 0.435 e. The first-order valence-electron chi connectivity index (χ1n) is 6.68. The Bertz CT molecular complexity index is 640. The van der Waals surface area contributed by atoms with Crippen molar-refractivity contribution in [2.75, 3.05) is 6.61 Å². The molecule has 2 rings (SSSR count). The highest BCUT2D eigenvalue weighted by Gasteiger charge is 2.37. The Balaban J connectivity index is 2.25. The molecule has 0 aliphatic carbocycles. The van der Waals surface area contributed by atoms with Gasteiger partial charge >= 0.3 is 6.18 Å². The van der Waals surface area contributed by atoms with Crippen molar-refractivity contribution in [3.05, 3.63) is 29.2 Å². The van der Waals surface area contributed by atoms with E-state index in [1.54, 1.807) is 0 Å². The summed E-state index contributed by atoms with van der Waals surface area (Å²) in [6.45, 7) is 5.26. The molecule has 0 saturated carbocycles. The van der Waals surface area contributed by atoms with Crippen LogP contribution in [-0.2, 0) is 24.6 Å². The largest absolute Gasteiger partial charge is 0.435 e. The predicted octanol–water partition coefficient (Wildman–Crippen LogP) is 2.17. The first-order chi connectivity index (χ1) is 10.1. The van der Waals surface area contributed by atoms with E-state index in [-0.39, 0.29) is 36.4 Å². The summed E-state index contributed by atoms with van der Waals surface area (Å²) in [7, 11) is 0. The Morgan fingerprint density at radius 2 is 1.95 bits per heavy atom. The number of hydrogen-bond acceptors (Lipinski definition) is 5. The summed E-state index contributed by atoms with van der Waals surface area (Å²) in [5, 5.41) is 16.2. The molecule has 22 heavy (non-hydrogen) atoms. The Morgan fingerprint density at radius 1 is 1.27 bits per heavy atom. The molecule has 0 aromatic carbocycles. The van der Waals surface area contributed by atoms with Crippen LogP contribution in [0.25, 0.3) is 0 Å². The van der Waals surface area contributed by atoms with E-state index in [1.807, 2.05) is 20.8 Å². The topological polar surface area (TPSA) is 77.0 Å². The Kier molecular flexibility index (Phi) is 4.28. The molecular weight excluding hydrogens is 301 g/mol. The average molecular weight is 318 g/mol. The molecule has 0 bridgehead atoms. The van der Waals surface area contributed by atoms with Gasteiger partial charge in [0.05, 0.1) is 0 Å². The monoisotopic (exact) mass is 318 g/mol. The minimum Gasteiger partial charge on any atom is -0.396 e. The summed E-state index contributed by atoms with van der Waals surface area (Å²) in [6.07, 6.45) is -3.45. The highest BCUT2D eigenvalue weighted by Crippen LogP contribution is 2.31. The molecule has 0 radical (unpaired) electrons. The molecule has 2 heterocycles. The van der Waals surface area contributed by atoms with Gasteiger partial charge in [-0.15, -0.1) is 0 Å². The smallest absolute Gasteiger partial charge is 0.396 e. The lowest BCUT2D eigenvalue weighted by molar-refractivity contribution is -0.142. The number of aromatic nitrogens is 4. The van der Waals surface area contributed by atoms with Gasteiger partial charge in [-0.05, 0) is 6.42 Å². The standard InChI is InChI=1S/C13H17F3N4O2/c1-12(2,3)11-17-9(22-19-11)7-20-6-8(4-5-21)10(18-20)13(14,15)16/h6,21H,4-5,7H2,1-3H3. The lowest BCUT2D eigenvalue weighted by atomic mass is 9.96. The van der Waals surface area contributed by atoms with Crippen LogP contribution in [0.2, 0.25) is 0 Å². The van der Waals surface area contributed by atoms with E-state index in [0.717, 1.165) is 4.68 Å². The zero-order chi connectivity index (χ0) is 16.5. The summed E-state index contributed by atoms with van der Waals surface area (Å²) in [6, 6.07) is 0. The predicted molar refractivity (Wildman–Crippen MR) is 70.1 cm³/mol. The summed E-state index contributed by atoms with van der Waals surface area (Å²) in [4.78, 5) is 4.15. The van der Waals surface area contributed by atoms with Crippen LogP contribution in [0.4, 0.5) is 13.2 Å². The van der Waals surface area contributed by atoms with E-state index in [4.69, 9.17) is 9.63 Å². The fourth-order valence-corrected chi connectivity index (χ4v) is 1.85. The molecule has 122 valence electrons. The SMILES string of the molecule is CC(C)(C)c1noc(Cn2cc(CCO)c(C(F)(F)F)n2)n1. The second-order valence-electron chi connectivity index (χ2n) is 5.93. The van der Waals surface area contributed by atoms with Gasteiger partial charge in [-0.25, -0.2) is 0 Å². The molecule has 0 spiro atoms. The lowest BCUT2D eigenvalue weighted by Gasteiger charge is -2.10. The summed E-state index contributed by atoms with van der Waals surface area (Å²) >= 11 is 0. The van der Waals surface area contributed by atoms with Crippen molar-refractivity contribution in [2.45, 2.75) is 45.3 Å². The van der Waals surface area contributed by atoms with Crippen molar-refractivity contribution < 1.29 is 22.8 Å². The normalized spacial score (nSPS) is 12.9. The third kappa shape index (κ3) is 3.65. The third-order valence-corrected chi connectivity index (χ3v) is 2.92. The van der Waals surface area contributed by atoms with Crippen LogP contribution in [0.5, 0.6) is 0 Å². The van der Waals surface area contributed by atoms with Crippen LogP contribution >= 0.6 is 0 Å². The van der Waals surface area contributed by atoms with Gasteiger partial charge in [0, 0.05) is 23.8 Å². The Morgan fingerprint density at radius 3 is 2.45 bits per heavy atom. The number of aliphatic hydroxyl groups excluding tert-OH is 1. The molecule has 2 aromatic rings. The molecule has 0 fully saturated rings. The summed E-state index contributed by atoms with van der Waals surface area (Å²) in [5.74, 6) is 0.651. The third-order valence-electron chi connectivity index (χ3n) is 2.92. The van der Waals surface area contributed by atoms with Crippen LogP contribution in [0, 0.1) is 0 Å². The zero-order valence-corrected chi connectivity index (χ0v) is 12.5. The van der Waals surface area contributed by atoms with E-state index < -0.39 is 11.9 Å². The van der Waals surface area contributed by atoms with Gasteiger partial charge in [0.15, 0.2) is 11.5 Å². The maximum atomic E-state index is 12.9. The van der Waals surface area contributed by atoms with Crippen LogP contribution < -0.4 is 0 Å². The van der Waals surface area contributed by atoms with Gasteiger partial charge in [-0.1, -0.05) is 25.9 Å². The van der Waals surface area contributed by atoms with Gasteiger partial charge < -0.3 is 9.63 Å². The van der Waals surface area contributed by atoms with Crippen molar-refractivity contribution >= 4 is 0 Å². The van der Waals surface area contributed by atoms with E-state index in [0.29, 0.717) is 5.82 Å². The number of hydrogen-bond donors (Lipinski definition) is 1. The zero-order valence-electron chi connectivity index (χ0n) is 12.5. The molecule has 0 aliphatic rings. The number of halogens is 3. The van der Waals surface area contributed by atoms with E-state index in [9.17, 15) is 13.2 Å². The number of aliphatic hydroxyl groups is 1. The first kappa shape index (κ1) is 16.5. The molecule has 6 nitrogen and oxygen atoms in total. The Labute approximate surface area is 124 Å². The van der Waals surface area contributed by atoms with Crippen molar-refractivity contribution in [1.29, 1.82) is 0 Å². The summed E-state index contributed by atoms with van der Waals surface area (Å²) < 4.78 is 44.8. The van der Waals surface area contributed by atoms with E-state index in [2.05, 4.69) is 15.2 Å². The van der Waals surface area contributed by atoms with Crippen LogP contribution in [0.15, 0.2) is 10.7 Å². The molecule has 0 amide bonds. The molecule has 0 saturated heterocycles. The molecule has 2 aromatic heterocycles. The first-order valence-corrected chi connectivity index (χ1v) is 6.68. The van der Waals surface area contributed by atoms with Crippen LogP contribution in [-0.4, -0.2) is 31.6 Å². The van der Waals surface area contributed by atoms with Gasteiger partial charge in [-0.2, -0.15) is 23.3 Å². The fraction of sp³-hybridized carbons (Fsp3) is 0.615. The Hall–Kier alpha value is -1.90. The molecule has 0 atom stereocenters. The minimum absolute atomic E-state index is 0.0579. The van der Waals surface area contributed by atoms with Gasteiger partial charge in [0.1, 0.15) is 6.54 Å². The van der Waals surface area contributed by atoms with Crippen LogP contribution in [0.3, 0.4) is 0 Å². The van der Waals surface area contributed by atoms with Gasteiger partial charge in [0.25, 0.3) is 0 Å². The maximum absolute atomic E-state index is 12.9. The fourth-order valence-electron chi connectivity index (χ4n) is 1.85. The molecular formula is C13H17F3N4O2. The number of alkyl halides is 3. The highest BCUT2D eigenvalue weighted by atomic mass is 19.4. The second kappa shape index (κ2) is 5.71. The van der Waals surface area contributed by atoms with Gasteiger partial charge in [-0.3, -0.25) is 4.68 Å². The molecule has 0 aliphatic heterocycles. The van der Waals surface area contributed by atoms with Crippen molar-refractivity contribution in [3.63, 3.8) is 0 Å². The van der Waals surface area contributed by atoms with E-state index >= 15 is 0 Å². The van der Waals surface area contributed by atoms with Crippen LogP contribution in [0.1, 0.15) is 43.7 Å². The van der Waals surface area contributed by atoms with E-state index in [1.165, 1.54) is 6.20 Å². The molecule has 1 N–H and O–H groups in total. The second-order valence-corrected chi connectivity index (χ2v) is 5.93. The van der Waals surface area contributed by atoms with Crippen molar-refractivity contribution in [3.8, 4) is 0 Å². The average Bonchev–Trinajstić information content (AvgIpc) is 2.96.